The molecule has 62 heavy (non-hydrogen) atoms. The van der Waals surface area contributed by atoms with Crippen LogP contribution in [0.1, 0.15) is 200 Å². The molecule has 0 heterocycles. The van der Waals surface area contributed by atoms with Crippen LogP contribution in [0.25, 0.3) is 0 Å². The van der Waals surface area contributed by atoms with Crippen LogP contribution in [-0.4, -0.2) is 82.3 Å². The van der Waals surface area contributed by atoms with E-state index in [1.165, 1.54) is 77.0 Å². The first-order chi connectivity index (χ1) is 30.1. The summed E-state index contributed by atoms with van der Waals surface area (Å²) in [7, 11) is 5.90. The van der Waals surface area contributed by atoms with Gasteiger partial charge in [0.15, 0.2) is 12.4 Å². The summed E-state index contributed by atoms with van der Waals surface area (Å²) in [5.74, 6) is -2.31. The first-order valence-electron chi connectivity index (χ1n) is 24.9. The molecule has 0 aliphatic heterocycles. The van der Waals surface area contributed by atoms with Gasteiger partial charge in [-0.25, -0.2) is 0 Å². The summed E-state index contributed by atoms with van der Waals surface area (Å²) >= 11 is 0. The van der Waals surface area contributed by atoms with E-state index in [9.17, 15) is 19.5 Å². The molecule has 0 N–H and O–H groups in total. The van der Waals surface area contributed by atoms with Crippen LogP contribution >= 0.6 is 0 Å². The molecule has 0 amide bonds. The Hall–Kier alpha value is -3.01. The highest BCUT2D eigenvalue weighted by Gasteiger charge is 2.21. The van der Waals surface area contributed by atoms with Crippen LogP contribution in [0.5, 0.6) is 0 Å². The highest BCUT2D eigenvalue weighted by atomic mass is 16.7. The lowest BCUT2D eigenvalue weighted by molar-refractivity contribution is -0.870. The lowest BCUT2D eigenvalue weighted by atomic mass is 10.1. The summed E-state index contributed by atoms with van der Waals surface area (Å²) in [6, 6.07) is 0. The Morgan fingerprint density at radius 3 is 1.39 bits per heavy atom. The molecule has 0 aromatic carbocycles. The van der Waals surface area contributed by atoms with Crippen molar-refractivity contribution in [2.75, 3.05) is 47.5 Å². The van der Waals surface area contributed by atoms with Crippen LogP contribution in [-0.2, 0) is 33.3 Å². The maximum Gasteiger partial charge on any atom is 0.306 e. The number of hydrogen-bond donors (Lipinski definition) is 0. The third-order valence-electron chi connectivity index (χ3n) is 10.5. The monoisotopic (exact) mass is 872 g/mol. The lowest BCUT2D eigenvalue weighted by Gasteiger charge is -2.26. The van der Waals surface area contributed by atoms with Gasteiger partial charge in [0.05, 0.1) is 40.3 Å². The number of hydrogen-bond acceptors (Lipinski definition) is 8. The van der Waals surface area contributed by atoms with Crippen LogP contribution in [0.3, 0.4) is 0 Å². The second-order valence-corrected chi connectivity index (χ2v) is 17.7. The number of carboxylic acid groups (broad SMARTS) is 1. The SMILES string of the molecule is CC/C=C\C/C=C\C/C=C\C/C=C\CCCCCCCCCCC(=O)OC(COC(=O)CCCCCCC/C=C\CCCCCCCCC)COC(OCC[N+](C)(C)C)C(=O)[O-]. The van der Waals surface area contributed by atoms with Gasteiger partial charge in [0, 0.05) is 12.8 Å². The number of rotatable bonds is 45. The van der Waals surface area contributed by atoms with Crippen molar-refractivity contribution < 1.29 is 42.9 Å². The van der Waals surface area contributed by atoms with Crippen molar-refractivity contribution in [2.45, 2.75) is 212 Å². The normalized spacial score (nSPS) is 13.4. The molecule has 0 aromatic rings. The third kappa shape index (κ3) is 45.0. The van der Waals surface area contributed by atoms with E-state index in [2.05, 4.69) is 74.6 Å². The van der Waals surface area contributed by atoms with Crippen LogP contribution in [0.15, 0.2) is 60.8 Å². The number of carboxylic acids is 1. The van der Waals surface area contributed by atoms with Gasteiger partial charge in [0.2, 0.25) is 0 Å². The summed E-state index contributed by atoms with van der Waals surface area (Å²) < 4.78 is 22.6. The van der Waals surface area contributed by atoms with Crippen LogP contribution in [0.4, 0.5) is 0 Å². The highest BCUT2D eigenvalue weighted by molar-refractivity contribution is 5.70. The van der Waals surface area contributed by atoms with Gasteiger partial charge in [-0.1, -0.05) is 171 Å². The topological polar surface area (TPSA) is 111 Å². The van der Waals surface area contributed by atoms with Gasteiger partial charge in [0.25, 0.3) is 0 Å². The van der Waals surface area contributed by atoms with Crippen molar-refractivity contribution in [3.8, 4) is 0 Å². The molecule has 9 nitrogen and oxygen atoms in total. The van der Waals surface area contributed by atoms with E-state index >= 15 is 0 Å². The molecule has 0 saturated heterocycles. The first-order valence-corrected chi connectivity index (χ1v) is 24.9. The van der Waals surface area contributed by atoms with E-state index in [1.54, 1.807) is 0 Å². The predicted octanol–water partition coefficient (Wildman–Crippen LogP) is 12.4. The van der Waals surface area contributed by atoms with E-state index < -0.39 is 24.3 Å². The van der Waals surface area contributed by atoms with E-state index in [0.29, 0.717) is 17.4 Å². The number of allylic oxidation sites excluding steroid dienone is 10. The summed E-state index contributed by atoms with van der Waals surface area (Å²) in [6.07, 6.45) is 51.0. The molecule has 0 fully saturated rings. The average Bonchev–Trinajstić information content (AvgIpc) is 3.23. The van der Waals surface area contributed by atoms with Gasteiger partial charge in [-0.2, -0.15) is 0 Å². The summed E-state index contributed by atoms with van der Waals surface area (Å²) in [4.78, 5) is 37.1. The maximum absolute atomic E-state index is 12.8. The van der Waals surface area contributed by atoms with E-state index in [1.807, 2.05) is 21.1 Å². The third-order valence-corrected chi connectivity index (χ3v) is 10.5. The fourth-order valence-electron chi connectivity index (χ4n) is 6.64. The van der Waals surface area contributed by atoms with Gasteiger partial charge in [-0.05, 0) is 77.0 Å². The fraction of sp³-hybridized carbons (Fsp3) is 0.755. The van der Waals surface area contributed by atoms with E-state index in [0.717, 1.165) is 89.9 Å². The summed E-state index contributed by atoms with van der Waals surface area (Å²) in [5, 5.41) is 11.7. The fourth-order valence-corrected chi connectivity index (χ4v) is 6.64. The summed E-state index contributed by atoms with van der Waals surface area (Å²) in [6.45, 7) is 4.61. The van der Waals surface area contributed by atoms with Crippen molar-refractivity contribution in [1.29, 1.82) is 0 Å². The van der Waals surface area contributed by atoms with Gasteiger partial charge >= 0.3 is 11.9 Å². The number of unbranched alkanes of at least 4 members (excludes halogenated alkanes) is 20. The Balaban J connectivity index is 4.39. The Kier molecular flexibility index (Phi) is 42.4. The van der Waals surface area contributed by atoms with Gasteiger partial charge < -0.3 is 33.3 Å². The molecule has 0 aromatic heterocycles. The second-order valence-electron chi connectivity index (χ2n) is 17.7. The van der Waals surface area contributed by atoms with Crippen molar-refractivity contribution in [3.05, 3.63) is 60.8 Å². The number of likely N-dealkylation sites (N-methyl/N-ethyl adjacent to an activating group) is 1. The number of quaternary nitrogens is 1. The average molecular weight is 872 g/mol. The van der Waals surface area contributed by atoms with Gasteiger partial charge in [0.1, 0.15) is 13.2 Å². The Morgan fingerprint density at radius 1 is 0.500 bits per heavy atom. The van der Waals surface area contributed by atoms with E-state index in [-0.39, 0.29) is 38.6 Å². The standard InChI is InChI=1S/C53H93NO8/c1-6-8-10-12-14-16-18-20-22-24-25-26-27-28-30-32-34-36-38-40-42-44-51(56)62-49(48-61-53(52(57)58)59-46-45-54(3,4)5)47-60-50(55)43-41-39-37-35-33-31-29-23-21-19-17-15-13-11-9-7-2/h8,10,14,16,20,22-23,25-26,29,49,53H,6-7,9,11-13,15,17-19,21,24,27-28,30-48H2,1-5H3/b10-8-,16-14-,22-20-,26-25-,29-23-. The molecule has 0 aliphatic carbocycles. The number of nitrogens with zero attached hydrogens (tertiary/aromatic N) is 1. The van der Waals surface area contributed by atoms with Crippen LogP contribution in [0.2, 0.25) is 0 Å². The number of carbonyl (C=O) groups is 3. The van der Waals surface area contributed by atoms with E-state index in [4.69, 9.17) is 18.9 Å². The number of aliphatic carboxylic acids is 1. The molecule has 0 aliphatic rings. The van der Waals surface area contributed by atoms with Crippen LogP contribution < -0.4 is 5.11 Å². The molecule has 358 valence electrons. The zero-order valence-electron chi connectivity index (χ0n) is 40.5. The van der Waals surface area contributed by atoms with Crippen molar-refractivity contribution in [2.24, 2.45) is 0 Å². The zero-order chi connectivity index (χ0) is 45.6. The Labute approximate surface area is 380 Å². The van der Waals surface area contributed by atoms with Crippen molar-refractivity contribution in [1.82, 2.24) is 0 Å². The molecule has 0 rings (SSSR count). The quantitative estimate of drug-likeness (QED) is 0.0196. The molecule has 0 spiro atoms. The van der Waals surface area contributed by atoms with Gasteiger partial charge in [-0.3, -0.25) is 9.59 Å². The second kappa shape index (κ2) is 44.6. The molecule has 2 unspecified atom stereocenters. The minimum absolute atomic E-state index is 0.142. The number of carbonyl (C=O) groups excluding carboxylic acids is 3. The van der Waals surface area contributed by atoms with Gasteiger partial charge in [-0.15, -0.1) is 0 Å². The molecular formula is C53H93NO8. The molecule has 0 radical (unpaired) electrons. The maximum atomic E-state index is 12.8. The van der Waals surface area contributed by atoms with Crippen LogP contribution in [0, 0.1) is 0 Å². The molecule has 2 atom stereocenters. The molecular weight excluding hydrogens is 779 g/mol. The Bertz CT molecular complexity index is 1200. The molecule has 0 saturated carbocycles. The number of ether oxygens (including phenoxy) is 4. The number of esters is 2. The molecule has 9 heteroatoms. The van der Waals surface area contributed by atoms with Crippen molar-refractivity contribution in [3.63, 3.8) is 0 Å². The zero-order valence-corrected chi connectivity index (χ0v) is 40.5. The minimum atomic E-state index is -1.63. The first kappa shape index (κ1) is 59.0. The van der Waals surface area contributed by atoms with Crippen molar-refractivity contribution >= 4 is 17.9 Å². The largest absolute Gasteiger partial charge is 0.545 e. The minimum Gasteiger partial charge on any atom is -0.545 e. The highest BCUT2D eigenvalue weighted by Crippen LogP contribution is 2.14. The predicted molar refractivity (Wildman–Crippen MR) is 255 cm³/mol. The molecule has 0 bridgehead atoms. The summed E-state index contributed by atoms with van der Waals surface area (Å²) in [5.41, 5.74) is 0. The Morgan fingerprint density at radius 2 is 0.919 bits per heavy atom. The lowest BCUT2D eigenvalue weighted by Crippen LogP contribution is -2.44. The smallest absolute Gasteiger partial charge is 0.306 e.